The summed E-state index contributed by atoms with van der Waals surface area (Å²) in [6.07, 6.45) is 0. The van der Waals surface area contributed by atoms with Crippen LogP contribution in [0.5, 0.6) is 0 Å². The molecule has 3 N–H and O–H groups in total. The minimum atomic E-state index is 0. The minimum Gasteiger partial charge on any atom is -0.334 e. The Balaban J connectivity index is 0.00000144. The molecule has 4 nitrogen and oxygen atoms in total. The Hall–Kier alpha value is -0.320. The zero-order chi connectivity index (χ0) is 9.14. The second-order valence-electron chi connectivity index (χ2n) is 3.36. The number of nitrogens with zero attached hydrogens (tertiary/aromatic N) is 1. The zero-order valence-electron chi connectivity index (χ0n) is 8.12. The number of nitrogens with two attached hydrogens (primary N) is 1. The Bertz CT molecular complexity index is 167. The molecule has 0 aromatic carbocycles. The first-order chi connectivity index (χ1) is 5.66. The monoisotopic (exact) mass is 207 g/mol. The van der Waals surface area contributed by atoms with Crippen LogP contribution < -0.4 is 11.1 Å². The standard InChI is InChI=1S/C8H17N3O.ClH/c1-6-4-10-5-7(2)11(6)8(12)3-9;/h6-7,10H,3-5,9H2,1-2H3;1H/t6-,7+;. The lowest BCUT2D eigenvalue weighted by Crippen LogP contribution is -2.58. The van der Waals surface area contributed by atoms with Crippen LogP contribution in [0.3, 0.4) is 0 Å². The maximum absolute atomic E-state index is 11.4. The van der Waals surface area contributed by atoms with Crippen LogP contribution in [0, 0.1) is 0 Å². The van der Waals surface area contributed by atoms with Crippen molar-refractivity contribution < 1.29 is 4.79 Å². The molecule has 13 heavy (non-hydrogen) atoms. The van der Waals surface area contributed by atoms with Crippen molar-refractivity contribution in [1.82, 2.24) is 10.2 Å². The third-order valence-corrected chi connectivity index (χ3v) is 2.29. The molecule has 1 aliphatic rings. The van der Waals surface area contributed by atoms with E-state index in [2.05, 4.69) is 5.32 Å². The fraction of sp³-hybridized carbons (Fsp3) is 0.875. The summed E-state index contributed by atoms with van der Waals surface area (Å²) in [6, 6.07) is 0.537. The summed E-state index contributed by atoms with van der Waals surface area (Å²) < 4.78 is 0. The third kappa shape index (κ3) is 2.83. The molecule has 1 aliphatic heterocycles. The topological polar surface area (TPSA) is 58.4 Å². The number of hydrogen-bond donors (Lipinski definition) is 2. The molecule has 0 unspecified atom stereocenters. The van der Waals surface area contributed by atoms with Gasteiger partial charge in [0, 0.05) is 25.2 Å². The van der Waals surface area contributed by atoms with E-state index >= 15 is 0 Å². The van der Waals surface area contributed by atoms with Gasteiger partial charge in [-0.2, -0.15) is 0 Å². The van der Waals surface area contributed by atoms with Crippen molar-refractivity contribution >= 4 is 18.3 Å². The van der Waals surface area contributed by atoms with Crippen LogP contribution in [0.2, 0.25) is 0 Å². The van der Waals surface area contributed by atoms with Gasteiger partial charge in [0.15, 0.2) is 0 Å². The van der Waals surface area contributed by atoms with Gasteiger partial charge in [0.1, 0.15) is 0 Å². The maximum atomic E-state index is 11.4. The Morgan fingerprint density at radius 3 is 2.31 bits per heavy atom. The molecule has 0 aromatic rings. The summed E-state index contributed by atoms with van der Waals surface area (Å²) in [5.41, 5.74) is 5.32. The highest BCUT2D eigenvalue weighted by Crippen LogP contribution is 2.08. The third-order valence-electron chi connectivity index (χ3n) is 2.29. The van der Waals surface area contributed by atoms with Crippen molar-refractivity contribution in [2.45, 2.75) is 25.9 Å². The second kappa shape index (κ2) is 5.42. The van der Waals surface area contributed by atoms with Gasteiger partial charge in [0.25, 0.3) is 0 Å². The van der Waals surface area contributed by atoms with Crippen LogP contribution in [0.25, 0.3) is 0 Å². The van der Waals surface area contributed by atoms with E-state index in [0.717, 1.165) is 13.1 Å². The van der Waals surface area contributed by atoms with E-state index in [-0.39, 0.29) is 36.9 Å². The van der Waals surface area contributed by atoms with E-state index in [4.69, 9.17) is 5.73 Å². The van der Waals surface area contributed by atoms with E-state index < -0.39 is 0 Å². The van der Waals surface area contributed by atoms with Gasteiger partial charge in [-0.1, -0.05) is 0 Å². The van der Waals surface area contributed by atoms with Crippen molar-refractivity contribution in [3.8, 4) is 0 Å². The van der Waals surface area contributed by atoms with Gasteiger partial charge in [-0.3, -0.25) is 4.79 Å². The Morgan fingerprint density at radius 2 is 1.92 bits per heavy atom. The zero-order valence-corrected chi connectivity index (χ0v) is 8.93. The van der Waals surface area contributed by atoms with Crippen molar-refractivity contribution in [2.24, 2.45) is 5.73 Å². The molecule has 1 saturated heterocycles. The highest BCUT2D eigenvalue weighted by molar-refractivity contribution is 5.85. The molecule has 0 aliphatic carbocycles. The van der Waals surface area contributed by atoms with Crippen molar-refractivity contribution in [1.29, 1.82) is 0 Å². The van der Waals surface area contributed by atoms with Crippen LogP contribution in [-0.4, -0.2) is 42.5 Å². The lowest BCUT2D eigenvalue weighted by molar-refractivity contribution is -0.134. The van der Waals surface area contributed by atoms with Crippen LogP contribution >= 0.6 is 12.4 Å². The molecule has 1 rings (SSSR count). The van der Waals surface area contributed by atoms with E-state index in [1.807, 2.05) is 18.7 Å². The number of amides is 1. The summed E-state index contributed by atoms with van der Waals surface area (Å²) in [7, 11) is 0. The predicted octanol–water partition coefficient (Wildman–Crippen LogP) is -0.424. The van der Waals surface area contributed by atoms with Gasteiger partial charge in [0.05, 0.1) is 6.54 Å². The van der Waals surface area contributed by atoms with E-state index in [9.17, 15) is 4.79 Å². The van der Waals surface area contributed by atoms with Gasteiger partial charge in [-0.25, -0.2) is 0 Å². The largest absolute Gasteiger partial charge is 0.334 e. The molecular weight excluding hydrogens is 190 g/mol. The Labute approximate surface area is 85.3 Å². The highest BCUT2D eigenvalue weighted by Gasteiger charge is 2.27. The fourth-order valence-electron chi connectivity index (χ4n) is 1.73. The van der Waals surface area contributed by atoms with Crippen molar-refractivity contribution in [3.05, 3.63) is 0 Å². The predicted molar refractivity (Wildman–Crippen MR) is 54.9 cm³/mol. The van der Waals surface area contributed by atoms with Gasteiger partial charge in [0.2, 0.25) is 5.91 Å². The van der Waals surface area contributed by atoms with Gasteiger partial charge in [-0.15, -0.1) is 12.4 Å². The molecule has 0 saturated carbocycles. The van der Waals surface area contributed by atoms with Crippen molar-refractivity contribution in [2.75, 3.05) is 19.6 Å². The van der Waals surface area contributed by atoms with Gasteiger partial charge >= 0.3 is 0 Å². The molecule has 0 aromatic heterocycles. The normalized spacial score (nSPS) is 28.1. The van der Waals surface area contributed by atoms with Crippen LogP contribution in [0.1, 0.15) is 13.8 Å². The maximum Gasteiger partial charge on any atom is 0.236 e. The first kappa shape index (κ1) is 12.7. The minimum absolute atomic E-state index is 0. The van der Waals surface area contributed by atoms with Crippen molar-refractivity contribution in [3.63, 3.8) is 0 Å². The lowest BCUT2D eigenvalue weighted by Gasteiger charge is -2.39. The van der Waals surface area contributed by atoms with Gasteiger partial charge < -0.3 is 16.0 Å². The Kier molecular flexibility index (Phi) is 5.29. The van der Waals surface area contributed by atoms with Crippen LogP contribution in [0.4, 0.5) is 0 Å². The summed E-state index contributed by atoms with van der Waals surface area (Å²) in [5, 5.41) is 3.26. The Morgan fingerprint density at radius 1 is 1.46 bits per heavy atom. The molecule has 1 amide bonds. The summed E-state index contributed by atoms with van der Waals surface area (Å²) in [6.45, 7) is 5.94. The molecule has 5 heteroatoms. The number of piperazine rings is 1. The van der Waals surface area contributed by atoms with Crippen LogP contribution in [-0.2, 0) is 4.79 Å². The summed E-state index contributed by atoms with van der Waals surface area (Å²) >= 11 is 0. The van der Waals surface area contributed by atoms with E-state index in [1.54, 1.807) is 0 Å². The number of rotatable bonds is 1. The highest BCUT2D eigenvalue weighted by atomic mass is 35.5. The molecule has 1 heterocycles. The number of nitrogens with one attached hydrogen (secondary N) is 1. The number of hydrogen-bond acceptors (Lipinski definition) is 3. The summed E-state index contributed by atoms with van der Waals surface area (Å²) in [4.78, 5) is 13.2. The summed E-state index contributed by atoms with van der Waals surface area (Å²) in [5.74, 6) is 0.0523. The number of carbonyl (C=O) groups is 1. The smallest absolute Gasteiger partial charge is 0.236 e. The molecule has 2 atom stereocenters. The van der Waals surface area contributed by atoms with Crippen LogP contribution in [0.15, 0.2) is 0 Å². The first-order valence-corrected chi connectivity index (χ1v) is 4.38. The van der Waals surface area contributed by atoms with E-state index in [0.29, 0.717) is 0 Å². The van der Waals surface area contributed by atoms with E-state index in [1.165, 1.54) is 0 Å². The SMILES string of the molecule is C[C@@H]1CNC[C@H](C)N1C(=O)CN.Cl. The average molecular weight is 208 g/mol. The molecule has 78 valence electrons. The molecule has 0 radical (unpaired) electrons. The number of carbonyl (C=O) groups excluding carboxylic acids is 1. The fourth-order valence-corrected chi connectivity index (χ4v) is 1.73. The van der Waals surface area contributed by atoms with Gasteiger partial charge in [-0.05, 0) is 13.8 Å². The number of halogens is 1. The second-order valence-corrected chi connectivity index (χ2v) is 3.36. The molecule has 0 spiro atoms. The molecular formula is C8H18ClN3O. The average Bonchev–Trinajstić information content (AvgIpc) is 2.03. The molecule has 0 bridgehead atoms. The lowest BCUT2D eigenvalue weighted by atomic mass is 10.1. The molecule has 1 fully saturated rings. The first-order valence-electron chi connectivity index (χ1n) is 4.38. The quantitative estimate of drug-likeness (QED) is 0.614.